The van der Waals surface area contributed by atoms with E-state index in [1.165, 1.54) is 0 Å². The summed E-state index contributed by atoms with van der Waals surface area (Å²) in [5, 5.41) is 5.35. The van der Waals surface area contributed by atoms with Crippen molar-refractivity contribution in [2.75, 3.05) is 19.6 Å². The minimum absolute atomic E-state index is 0.214. The molecule has 1 aromatic rings. The van der Waals surface area contributed by atoms with Crippen molar-refractivity contribution in [3.8, 4) is 0 Å². The summed E-state index contributed by atoms with van der Waals surface area (Å²) in [5.74, 6) is 0.216. The third kappa shape index (κ3) is 4.44. The number of rotatable bonds is 7. The van der Waals surface area contributed by atoms with E-state index in [9.17, 15) is 4.79 Å². The lowest BCUT2D eigenvalue weighted by molar-refractivity contribution is -0.130. The number of hydrogen-bond donors (Lipinski definition) is 1. The molecular weight excluding hydrogens is 234 g/mol. The molecule has 0 aliphatic carbocycles. The van der Waals surface area contributed by atoms with Gasteiger partial charge in [0.05, 0.1) is 11.2 Å². The van der Waals surface area contributed by atoms with Gasteiger partial charge in [-0.25, -0.2) is 4.98 Å². The largest absolute Gasteiger partial charge is 0.343 e. The zero-order chi connectivity index (χ0) is 12.7. The summed E-state index contributed by atoms with van der Waals surface area (Å²) in [5.41, 5.74) is 2.87. The molecule has 17 heavy (non-hydrogen) atoms. The van der Waals surface area contributed by atoms with Crippen LogP contribution < -0.4 is 5.32 Å². The van der Waals surface area contributed by atoms with E-state index in [1.807, 2.05) is 29.6 Å². The first-order chi connectivity index (χ1) is 8.19. The Morgan fingerprint density at radius 2 is 2.24 bits per heavy atom. The van der Waals surface area contributed by atoms with Crippen LogP contribution in [0.25, 0.3) is 0 Å². The van der Waals surface area contributed by atoms with Gasteiger partial charge in [0.25, 0.3) is 0 Å². The van der Waals surface area contributed by atoms with E-state index in [0.717, 1.165) is 18.8 Å². The number of amides is 1. The van der Waals surface area contributed by atoms with Crippen LogP contribution in [0.4, 0.5) is 0 Å². The number of carbonyl (C=O) groups is 1. The molecule has 0 aliphatic heterocycles. The summed E-state index contributed by atoms with van der Waals surface area (Å²) in [7, 11) is 0. The van der Waals surface area contributed by atoms with E-state index in [4.69, 9.17) is 0 Å². The van der Waals surface area contributed by atoms with Gasteiger partial charge >= 0.3 is 0 Å². The Balaban J connectivity index is 2.26. The monoisotopic (exact) mass is 255 g/mol. The summed E-state index contributed by atoms with van der Waals surface area (Å²) >= 11 is 1.59. The van der Waals surface area contributed by atoms with Crippen LogP contribution >= 0.6 is 11.3 Å². The molecule has 1 unspecified atom stereocenters. The topological polar surface area (TPSA) is 45.2 Å². The fourth-order valence-electron chi connectivity index (χ4n) is 1.67. The SMILES string of the molecule is CCN(CC)C(=O)CCNC(C)c1cscn1. The Kier molecular flexibility index (Phi) is 6.15. The minimum Gasteiger partial charge on any atom is -0.343 e. The molecule has 1 aromatic heterocycles. The first-order valence-electron chi connectivity index (χ1n) is 6.08. The van der Waals surface area contributed by atoms with Crippen LogP contribution in [0.2, 0.25) is 0 Å². The number of nitrogens with one attached hydrogen (secondary N) is 1. The number of aromatic nitrogens is 1. The Morgan fingerprint density at radius 1 is 1.53 bits per heavy atom. The maximum atomic E-state index is 11.7. The van der Waals surface area contributed by atoms with Gasteiger partial charge in [-0.1, -0.05) is 0 Å². The molecule has 0 bridgehead atoms. The summed E-state index contributed by atoms with van der Waals surface area (Å²) in [6.45, 7) is 8.36. The number of carbonyl (C=O) groups excluding carboxylic acids is 1. The zero-order valence-corrected chi connectivity index (χ0v) is 11.6. The Bertz CT molecular complexity index is 323. The standard InChI is InChI=1S/C12H21N3OS/c1-4-15(5-2)12(16)6-7-13-10(3)11-8-17-9-14-11/h8-10,13H,4-7H2,1-3H3. The van der Waals surface area contributed by atoms with Gasteiger partial charge in [0.15, 0.2) is 0 Å². The van der Waals surface area contributed by atoms with Gasteiger partial charge in [-0.05, 0) is 20.8 Å². The third-order valence-electron chi connectivity index (χ3n) is 2.80. The molecule has 1 atom stereocenters. The molecule has 0 fully saturated rings. The van der Waals surface area contributed by atoms with Crippen LogP contribution in [-0.4, -0.2) is 35.4 Å². The average Bonchev–Trinajstić information content (AvgIpc) is 2.84. The molecule has 0 aromatic carbocycles. The second kappa shape index (κ2) is 7.40. The lowest BCUT2D eigenvalue weighted by atomic mass is 10.2. The highest BCUT2D eigenvalue weighted by Crippen LogP contribution is 2.11. The van der Waals surface area contributed by atoms with Crippen molar-refractivity contribution in [1.82, 2.24) is 15.2 Å². The van der Waals surface area contributed by atoms with Gasteiger partial charge in [0, 0.05) is 37.5 Å². The predicted octanol–water partition coefficient (Wildman–Crippen LogP) is 2.05. The highest BCUT2D eigenvalue weighted by molar-refractivity contribution is 7.07. The van der Waals surface area contributed by atoms with E-state index >= 15 is 0 Å². The van der Waals surface area contributed by atoms with Gasteiger partial charge < -0.3 is 10.2 Å². The normalized spacial score (nSPS) is 12.4. The lowest BCUT2D eigenvalue weighted by Gasteiger charge is -2.19. The van der Waals surface area contributed by atoms with Gasteiger partial charge in [-0.2, -0.15) is 0 Å². The van der Waals surface area contributed by atoms with Crippen molar-refractivity contribution in [3.05, 3.63) is 16.6 Å². The van der Waals surface area contributed by atoms with Crippen molar-refractivity contribution in [2.24, 2.45) is 0 Å². The molecule has 5 heteroatoms. The number of hydrogen-bond acceptors (Lipinski definition) is 4. The van der Waals surface area contributed by atoms with Gasteiger partial charge in [0.1, 0.15) is 0 Å². The zero-order valence-electron chi connectivity index (χ0n) is 10.8. The molecule has 0 radical (unpaired) electrons. The quantitative estimate of drug-likeness (QED) is 0.811. The average molecular weight is 255 g/mol. The summed E-state index contributed by atoms with van der Waals surface area (Å²) in [4.78, 5) is 17.8. The molecule has 0 aliphatic rings. The molecular formula is C12H21N3OS. The summed E-state index contributed by atoms with van der Waals surface area (Å²) in [6, 6.07) is 0.214. The highest BCUT2D eigenvalue weighted by atomic mass is 32.1. The summed E-state index contributed by atoms with van der Waals surface area (Å²) < 4.78 is 0. The molecule has 1 N–H and O–H groups in total. The Labute approximate surface area is 107 Å². The van der Waals surface area contributed by atoms with Crippen LogP contribution in [0.3, 0.4) is 0 Å². The lowest BCUT2D eigenvalue weighted by Crippen LogP contribution is -2.33. The van der Waals surface area contributed by atoms with E-state index in [1.54, 1.807) is 11.3 Å². The number of thiazole rings is 1. The molecule has 1 heterocycles. The van der Waals surface area contributed by atoms with Crippen molar-refractivity contribution < 1.29 is 4.79 Å². The van der Waals surface area contributed by atoms with E-state index in [2.05, 4.69) is 17.2 Å². The third-order valence-corrected chi connectivity index (χ3v) is 3.41. The first-order valence-corrected chi connectivity index (χ1v) is 7.02. The van der Waals surface area contributed by atoms with Crippen LogP contribution in [0, 0.1) is 0 Å². The van der Waals surface area contributed by atoms with Crippen molar-refractivity contribution in [3.63, 3.8) is 0 Å². The maximum absolute atomic E-state index is 11.7. The highest BCUT2D eigenvalue weighted by Gasteiger charge is 2.11. The van der Waals surface area contributed by atoms with E-state index < -0.39 is 0 Å². The van der Waals surface area contributed by atoms with Crippen molar-refractivity contribution >= 4 is 17.2 Å². The van der Waals surface area contributed by atoms with Crippen LogP contribution in [0.5, 0.6) is 0 Å². The first kappa shape index (κ1) is 14.1. The maximum Gasteiger partial charge on any atom is 0.223 e. The predicted molar refractivity (Wildman–Crippen MR) is 71.1 cm³/mol. The smallest absolute Gasteiger partial charge is 0.223 e. The second-order valence-electron chi connectivity index (χ2n) is 3.91. The fraction of sp³-hybridized carbons (Fsp3) is 0.667. The number of nitrogens with zero attached hydrogens (tertiary/aromatic N) is 2. The van der Waals surface area contributed by atoms with Crippen molar-refractivity contribution in [1.29, 1.82) is 0 Å². The molecule has 0 spiro atoms. The van der Waals surface area contributed by atoms with Crippen LogP contribution in [-0.2, 0) is 4.79 Å². The van der Waals surface area contributed by atoms with E-state index in [0.29, 0.717) is 13.0 Å². The van der Waals surface area contributed by atoms with Crippen molar-refractivity contribution in [2.45, 2.75) is 33.2 Å². The molecule has 4 nitrogen and oxygen atoms in total. The van der Waals surface area contributed by atoms with Gasteiger partial charge in [-0.15, -0.1) is 11.3 Å². The Morgan fingerprint density at radius 3 is 2.76 bits per heavy atom. The van der Waals surface area contributed by atoms with Gasteiger partial charge in [-0.3, -0.25) is 4.79 Å². The minimum atomic E-state index is 0.214. The summed E-state index contributed by atoms with van der Waals surface area (Å²) in [6.07, 6.45) is 0.552. The van der Waals surface area contributed by atoms with Crippen LogP contribution in [0.15, 0.2) is 10.9 Å². The molecule has 1 rings (SSSR count). The van der Waals surface area contributed by atoms with Crippen LogP contribution in [0.1, 0.15) is 38.9 Å². The Hall–Kier alpha value is -0.940. The second-order valence-corrected chi connectivity index (χ2v) is 4.62. The molecule has 0 saturated carbocycles. The van der Waals surface area contributed by atoms with Gasteiger partial charge in [0.2, 0.25) is 5.91 Å². The molecule has 0 saturated heterocycles. The van der Waals surface area contributed by atoms with E-state index in [-0.39, 0.29) is 11.9 Å². The molecule has 1 amide bonds. The molecule has 96 valence electrons. The fourth-order valence-corrected chi connectivity index (χ4v) is 2.32.